The van der Waals surface area contributed by atoms with Crippen LogP contribution in [-0.4, -0.2) is 19.7 Å². The molecule has 0 spiro atoms. The van der Waals surface area contributed by atoms with Crippen molar-refractivity contribution in [3.05, 3.63) is 56.4 Å². The highest BCUT2D eigenvalue weighted by atomic mass is 79.9. The van der Waals surface area contributed by atoms with Crippen LogP contribution in [-0.2, 0) is 12.8 Å². The minimum absolute atomic E-state index is 0.0390. The standard InChI is InChI=1S/C16H11BrN4O2S2/c1-21-15(22)13-11(5-6-24-13)18-16(21)25-8-12-19-14(20-23-12)9-3-2-4-10(17)7-9/h2-7H,8H2,1H3. The van der Waals surface area contributed by atoms with Gasteiger partial charge in [0.25, 0.3) is 5.56 Å². The van der Waals surface area contributed by atoms with Gasteiger partial charge in [-0.2, -0.15) is 4.98 Å². The summed E-state index contributed by atoms with van der Waals surface area (Å²) in [6.45, 7) is 0. The lowest BCUT2D eigenvalue weighted by Crippen LogP contribution is -2.18. The predicted molar refractivity (Wildman–Crippen MR) is 102 cm³/mol. The number of halogens is 1. The van der Waals surface area contributed by atoms with Crippen molar-refractivity contribution in [2.45, 2.75) is 10.9 Å². The van der Waals surface area contributed by atoms with Crippen LogP contribution in [0.5, 0.6) is 0 Å². The molecule has 0 atom stereocenters. The van der Waals surface area contributed by atoms with Crippen LogP contribution in [0.25, 0.3) is 21.6 Å². The van der Waals surface area contributed by atoms with Gasteiger partial charge in [0.05, 0.1) is 11.3 Å². The van der Waals surface area contributed by atoms with Gasteiger partial charge in [-0.3, -0.25) is 9.36 Å². The van der Waals surface area contributed by atoms with E-state index in [2.05, 4.69) is 31.1 Å². The Hall–Kier alpha value is -1.97. The van der Waals surface area contributed by atoms with Gasteiger partial charge in [-0.25, -0.2) is 4.98 Å². The van der Waals surface area contributed by atoms with Crippen molar-refractivity contribution in [1.82, 2.24) is 19.7 Å². The minimum atomic E-state index is -0.0390. The minimum Gasteiger partial charge on any atom is -0.338 e. The summed E-state index contributed by atoms with van der Waals surface area (Å²) >= 11 is 6.23. The summed E-state index contributed by atoms with van der Waals surface area (Å²) in [5.74, 6) is 1.46. The second-order valence-corrected chi connectivity index (χ2v) is 7.98. The van der Waals surface area contributed by atoms with Crippen LogP contribution in [0.1, 0.15) is 5.89 Å². The lowest BCUT2D eigenvalue weighted by molar-refractivity contribution is 0.391. The highest BCUT2D eigenvalue weighted by molar-refractivity contribution is 9.10. The summed E-state index contributed by atoms with van der Waals surface area (Å²) in [4.78, 5) is 21.2. The SMILES string of the molecule is Cn1c(SCc2nc(-c3cccc(Br)c3)no2)nc2ccsc2c1=O. The topological polar surface area (TPSA) is 73.8 Å². The van der Waals surface area contributed by atoms with Crippen molar-refractivity contribution in [3.63, 3.8) is 0 Å². The Morgan fingerprint density at radius 2 is 2.20 bits per heavy atom. The highest BCUT2D eigenvalue weighted by Gasteiger charge is 2.13. The van der Waals surface area contributed by atoms with Gasteiger partial charge in [-0.15, -0.1) is 11.3 Å². The molecule has 0 aliphatic rings. The van der Waals surface area contributed by atoms with E-state index in [0.29, 0.717) is 27.3 Å². The molecule has 3 aromatic heterocycles. The fourth-order valence-corrected chi connectivity index (χ4v) is 4.30. The third-order valence-corrected chi connectivity index (χ3v) is 5.92. The second kappa shape index (κ2) is 6.74. The second-order valence-electron chi connectivity index (χ2n) is 5.20. The smallest absolute Gasteiger partial charge is 0.271 e. The maximum atomic E-state index is 12.3. The van der Waals surface area contributed by atoms with Crippen molar-refractivity contribution in [3.8, 4) is 11.4 Å². The third kappa shape index (κ3) is 3.26. The van der Waals surface area contributed by atoms with Gasteiger partial charge in [0.1, 0.15) is 4.70 Å². The van der Waals surface area contributed by atoms with Crippen LogP contribution < -0.4 is 5.56 Å². The van der Waals surface area contributed by atoms with E-state index in [1.54, 1.807) is 11.6 Å². The molecule has 0 aliphatic carbocycles. The molecule has 0 N–H and O–H groups in total. The van der Waals surface area contributed by atoms with Gasteiger partial charge in [0, 0.05) is 17.1 Å². The number of nitrogens with zero attached hydrogens (tertiary/aromatic N) is 4. The molecular weight excluding hydrogens is 424 g/mol. The fraction of sp³-hybridized carbons (Fsp3) is 0.125. The Balaban J connectivity index is 1.56. The van der Waals surface area contributed by atoms with Gasteiger partial charge in [-0.05, 0) is 23.6 Å². The van der Waals surface area contributed by atoms with Crippen LogP contribution in [0.2, 0.25) is 0 Å². The van der Waals surface area contributed by atoms with Crippen LogP contribution >= 0.6 is 39.0 Å². The van der Waals surface area contributed by atoms with E-state index in [1.165, 1.54) is 23.1 Å². The average Bonchev–Trinajstić information content (AvgIpc) is 3.26. The van der Waals surface area contributed by atoms with Gasteiger partial charge in [0.15, 0.2) is 5.16 Å². The molecule has 4 rings (SSSR count). The number of aromatic nitrogens is 4. The van der Waals surface area contributed by atoms with E-state index in [1.807, 2.05) is 35.7 Å². The normalized spacial score (nSPS) is 11.3. The fourth-order valence-electron chi connectivity index (χ4n) is 2.28. The number of thiophene rings is 1. The molecule has 126 valence electrons. The number of rotatable bonds is 4. The lowest BCUT2D eigenvalue weighted by Gasteiger charge is -2.05. The van der Waals surface area contributed by atoms with E-state index >= 15 is 0 Å². The molecule has 0 saturated carbocycles. The Kier molecular flexibility index (Phi) is 4.45. The van der Waals surface area contributed by atoms with Crippen molar-refractivity contribution in [2.75, 3.05) is 0 Å². The molecular formula is C16H11BrN4O2S2. The van der Waals surface area contributed by atoms with Gasteiger partial charge in [0.2, 0.25) is 11.7 Å². The summed E-state index contributed by atoms with van der Waals surface area (Å²) in [6.07, 6.45) is 0. The van der Waals surface area contributed by atoms with Gasteiger partial charge < -0.3 is 4.52 Å². The molecule has 9 heteroatoms. The van der Waals surface area contributed by atoms with Crippen molar-refractivity contribution >= 4 is 49.2 Å². The van der Waals surface area contributed by atoms with Crippen LogP contribution in [0.3, 0.4) is 0 Å². The lowest BCUT2D eigenvalue weighted by atomic mass is 10.2. The van der Waals surface area contributed by atoms with Crippen LogP contribution in [0.15, 0.2) is 54.7 Å². The summed E-state index contributed by atoms with van der Waals surface area (Å²) in [6, 6.07) is 9.55. The van der Waals surface area contributed by atoms with E-state index in [4.69, 9.17) is 4.52 Å². The van der Waals surface area contributed by atoms with Crippen LogP contribution in [0.4, 0.5) is 0 Å². The molecule has 0 radical (unpaired) electrons. The molecule has 1 aromatic carbocycles. The quantitative estimate of drug-likeness (QED) is 0.355. The first kappa shape index (κ1) is 16.5. The van der Waals surface area contributed by atoms with Gasteiger partial charge >= 0.3 is 0 Å². The average molecular weight is 435 g/mol. The number of fused-ring (bicyclic) bond motifs is 1. The van der Waals surface area contributed by atoms with Crippen molar-refractivity contribution in [2.24, 2.45) is 7.05 Å². The first-order valence-corrected chi connectivity index (χ1v) is 9.93. The first-order chi connectivity index (χ1) is 12.1. The van der Waals surface area contributed by atoms with Crippen molar-refractivity contribution < 1.29 is 4.52 Å². The Labute approximate surface area is 159 Å². The molecule has 4 aromatic rings. The molecule has 0 bridgehead atoms. The molecule has 3 heterocycles. The van der Waals surface area contributed by atoms with E-state index in [0.717, 1.165) is 15.6 Å². The molecule has 0 unspecified atom stereocenters. The van der Waals surface area contributed by atoms with E-state index in [9.17, 15) is 4.79 Å². The summed E-state index contributed by atoms with van der Waals surface area (Å²) in [5, 5.41) is 6.51. The molecule has 0 amide bonds. The Morgan fingerprint density at radius 3 is 3.04 bits per heavy atom. The van der Waals surface area contributed by atoms with Crippen LogP contribution in [0, 0.1) is 0 Å². The highest BCUT2D eigenvalue weighted by Crippen LogP contribution is 2.25. The Bertz CT molecular complexity index is 1120. The number of benzene rings is 1. The predicted octanol–water partition coefficient (Wildman–Crippen LogP) is 4.10. The van der Waals surface area contributed by atoms with E-state index in [-0.39, 0.29) is 5.56 Å². The molecule has 0 aliphatic heterocycles. The maximum absolute atomic E-state index is 12.3. The summed E-state index contributed by atoms with van der Waals surface area (Å²) in [7, 11) is 1.72. The maximum Gasteiger partial charge on any atom is 0.271 e. The molecule has 25 heavy (non-hydrogen) atoms. The van der Waals surface area contributed by atoms with E-state index < -0.39 is 0 Å². The molecule has 0 fully saturated rings. The number of thioether (sulfide) groups is 1. The zero-order chi connectivity index (χ0) is 17.4. The Morgan fingerprint density at radius 1 is 1.32 bits per heavy atom. The zero-order valence-electron chi connectivity index (χ0n) is 13.0. The molecule has 0 saturated heterocycles. The van der Waals surface area contributed by atoms with Crippen molar-refractivity contribution in [1.29, 1.82) is 0 Å². The van der Waals surface area contributed by atoms with Gasteiger partial charge in [-0.1, -0.05) is 45.0 Å². The third-order valence-electron chi connectivity index (χ3n) is 3.52. The monoisotopic (exact) mass is 434 g/mol. The molecule has 6 nitrogen and oxygen atoms in total. The summed E-state index contributed by atoms with van der Waals surface area (Å²) < 4.78 is 8.48. The first-order valence-electron chi connectivity index (χ1n) is 7.27. The number of hydrogen-bond acceptors (Lipinski definition) is 7. The largest absolute Gasteiger partial charge is 0.338 e. The summed E-state index contributed by atoms with van der Waals surface area (Å²) in [5.41, 5.74) is 1.55. The zero-order valence-corrected chi connectivity index (χ0v) is 16.2. The number of hydrogen-bond donors (Lipinski definition) is 0.